The molecule has 4 rings (SSSR count). The first-order valence-electron chi connectivity index (χ1n) is 8.99. The molecule has 0 fully saturated rings. The highest BCUT2D eigenvalue weighted by atomic mass is 16.5. The van der Waals surface area contributed by atoms with E-state index >= 15 is 0 Å². The summed E-state index contributed by atoms with van der Waals surface area (Å²) in [7, 11) is 3.52. The Morgan fingerprint density at radius 1 is 1.30 bits per heavy atom. The highest BCUT2D eigenvalue weighted by Crippen LogP contribution is 2.30. The van der Waals surface area contributed by atoms with Gasteiger partial charge in [0.05, 0.1) is 19.2 Å². The van der Waals surface area contributed by atoms with Crippen LogP contribution in [0.15, 0.2) is 30.6 Å². The van der Waals surface area contributed by atoms with Crippen molar-refractivity contribution in [3.63, 3.8) is 0 Å². The van der Waals surface area contributed by atoms with E-state index in [1.165, 1.54) is 0 Å². The Bertz CT molecular complexity index is 990. The molecule has 3 aromatic rings. The largest absolute Gasteiger partial charge is 0.496 e. The van der Waals surface area contributed by atoms with Crippen LogP contribution in [0, 0.1) is 0 Å². The average Bonchev–Trinajstić information content (AvgIpc) is 3.31. The lowest BCUT2D eigenvalue weighted by Crippen LogP contribution is -2.36. The number of nitrogens with zero attached hydrogens (tertiary/aromatic N) is 6. The number of amides is 1. The molecule has 0 saturated carbocycles. The van der Waals surface area contributed by atoms with Crippen LogP contribution < -0.4 is 4.74 Å². The molecule has 140 valence electrons. The summed E-state index contributed by atoms with van der Waals surface area (Å²) in [4.78, 5) is 14.9. The first-order valence-corrected chi connectivity index (χ1v) is 8.99. The molecular weight excluding hydrogens is 344 g/mol. The molecule has 0 radical (unpaired) electrons. The topological polar surface area (TPSA) is 78.1 Å². The highest BCUT2D eigenvalue weighted by molar-refractivity contribution is 5.97. The Balaban J connectivity index is 1.70. The number of rotatable bonds is 4. The lowest BCUT2D eigenvalue weighted by molar-refractivity contribution is 0.0730. The Morgan fingerprint density at radius 2 is 2.11 bits per heavy atom. The van der Waals surface area contributed by atoms with Crippen LogP contribution in [0.4, 0.5) is 0 Å². The molecule has 0 spiro atoms. The molecule has 1 aromatic carbocycles. The Hall–Kier alpha value is -3.16. The van der Waals surface area contributed by atoms with Crippen LogP contribution in [0.5, 0.6) is 5.75 Å². The number of methoxy groups -OCH3 is 1. The quantitative estimate of drug-likeness (QED) is 0.705. The molecule has 1 aliphatic rings. The highest BCUT2D eigenvalue weighted by Gasteiger charge is 2.30. The fraction of sp³-hybridized carbons (Fsp3) is 0.368. The fourth-order valence-electron chi connectivity index (χ4n) is 3.61. The zero-order chi connectivity index (χ0) is 19.0. The van der Waals surface area contributed by atoms with Crippen molar-refractivity contribution < 1.29 is 9.53 Å². The lowest BCUT2D eigenvalue weighted by atomic mass is 10.0. The van der Waals surface area contributed by atoms with Crippen molar-refractivity contribution in [2.75, 3.05) is 13.7 Å². The monoisotopic (exact) mass is 366 g/mol. The van der Waals surface area contributed by atoms with Gasteiger partial charge < -0.3 is 14.2 Å². The van der Waals surface area contributed by atoms with Gasteiger partial charge in [-0.15, -0.1) is 10.2 Å². The molecule has 8 nitrogen and oxygen atoms in total. The van der Waals surface area contributed by atoms with E-state index in [0.717, 1.165) is 35.7 Å². The summed E-state index contributed by atoms with van der Waals surface area (Å²) >= 11 is 0. The summed E-state index contributed by atoms with van der Waals surface area (Å²) in [5.41, 5.74) is 3.55. The smallest absolute Gasteiger partial charge is 0.257 e. The number of carbonyl (C=O) groups is 1. The van der Waals surface area contributed by atoms with Crippen LogP contribution in [0.2, 0.25) is 0 Å². The maximum Gasteiger partial charge on any atom is 0.257 e. The second kappa shape index (κ2) is 6.86. The van der Waals surface area contributed by atoms with Gasteiger partial charge >= 0.3 is 0 Å². The number of carbonyl (C=O) groups excluding carboxylic acids is 1. The van der Waals surface area contributed by atoms with Gasteiger partial charge in [0.15, 0.2) is 5.82 Å². The summed E-state index contributed by atoms with van der Waals surface area (Å²) < 4.78 is 9.21. The van der Waals surface area contributed by atoms with Gasteiger partial charge in [-0.3, -0.25) is 9.48 Å². The minimum atomic E-state index is -0.0372. The zero-order valence-electron chi connectivity index (χ0n) is 15.7. The molecule has 2 aromatic heterocycles. The fourth-order valence-corrected chi connectivity index (χ4v) is 3.61. The molecule has 3 heterocycles. The van der Waals surface area contributed by atoms with E-state index in [4.69, 9.17) is 4.74 Å². The van der Waals surface area contributed by atoms with Gasteiger partial charge in [-0.2, -0.15) is 5.10 Å². The minimum absolute atomic E-state index is 0.0372. The van der Waals surface area contributed by atoms with E-state index in [0.29, 0.717) is 24.4 Å². The van der Waals surface area contributed by atoms with E-state index in [2.05, 4.69) is 15.3 Å². The number of hydrogen-bond donors (Lipinski definition) is 0. The van der Waals surface area contributed by atoms with Crippen molar-refractivity contribution in [1.82, 2.24) is 29.4 Å². The third kappa shape index (κ3) is 2.87. The third-order valence-electron chi connectivity index (χ3n) is 5.03. The number of para-hydroxylation sites is 1. The average molecular weight is 366 g/mol. The third-order valence-corrected chi connectivity index (χ3v) is 5.03. The number of hydrogen-bond acceptors (Lipinski definition) is 5. The van der Waals surface area contributed by atoms with Gasteiger partial charge in [0, 0.05) is 37.8 Å². The Kier molecular flexibility index (Phi) is 4.39. The maximum absolute atomic E-state index is 13.1. The van der Waals surface area contributed by atoms with Crippen molar-refractivity contribution in [2.45, 2.75) is 26.4 Å². The molecule has 0 N–H and O–H groups in total. The summed E-state index contributed by atoms with van der Waals surface area (Å²) in [6.45, 7) is 3.94. The summed E-state index contributed by atoms with van der Waals surface area (Å²) in [5, 5.41) is 12.9. The molecule has 0 unspecified atom stereocenters. The molecule has 0 saturated heterocycles. The first-order chi connectivity index (χ1) is 13.1. The number of aryl methyl sites for hydroxylation is 2. The predicted octanol–water partition coefficient (Wildman–Crippen LogP) is 1.91. The van der Waals surface area contributed by atoms with Crippen LogP contribution in [0.1, 0.15) is 28.5 Å². The van der Waals surface area contributed by atoms with E-state index in [1.807, 2.05) is 46.3 Å². The van der Waals surface area contributed by atoms with Crippen LogP contribution in [-0.4, -0.2) is 49.0 Å². The molecule has 0 aliphatic carbocycles. The van der Waals surface area contributed by atoms with Crippen LogP contribution in [0.25, 0.3) is 11.5 Å². The van der Waals surface area contributed by atoms with Gasteiger partial charge in [-0.05, 0) is 19.1 Å². The normalized spacial score (nSPS) is 13.5. The SMILES string of the molecule is CCn1cnnc1-c1nn(C)c2c1CN(C(=O)c1ccccc1OC)CC2. The van der Waals surface area contributed by atoms with E-state index in [1.54, 1.807) is 19.5 Å². The van der Waals surface area contributed by atoms with Crippen molar-refractivity contribution in [3.05, 3.63) is 47.4 Å². The van der Waals surface area contributed by atoms with Crippen molar-refractivity contribution in [1.29, 1.82) is 0 Å². The standard InChI is InChI=1S/C19H22N6O2/c1-4-24-12-20-21-18(24)17-14-11-25(10-9-15(14)23(2)22-17)19(26)13-7-5-6-8-16(13)27-3/h5-8,12H,4,9-11H2,1-3H3. The summed E-state index contributed by atoms with van der Waals surface area (Å²) in [6.07, 6.45) is 2.46. The number of benzene rings is 1. The van der Waals surface area contributed by atoms with Gasteiger partial charge in [0.1, 0.15) is 17.8 Å². The molecule has 1 aliphatic heterocycles. The lowest BCUT2D eigenvalue weighted by Gasteiger charge is -2.28. The summed E-state index contributed by atoms with van der Waals surface area (Å²) in [6, 6.07) is 7.32. The Labute approximate surface area is 157 Å². The number of ether oxygens (including phenoxy) is 1. The Morgan fingerprint density at radius 3 is 2.89 bits per heavy atom. The van der Waals surface area contributed by atoms with Crippen LogP contribution >= 0.6 is 0 Å². The second-order valence-corrected chi connectivity index (χ2v) is 6.52. The van der Waals surface area contributed by atoms with Gasteiger partial charge in [0.25, 0.3) is 5.91 Å². The van der Waals surface area contributed by atoms with E-state index < -0.39 is 0 Å². The maximum atomic E-state index is 13.1. The molecule has 1 amide bonds. The first kappa shape index (κ1) is 17.3. The van der Waals surface area contributed by atoms with Crippen molar-refractivity contribution in [2.24, 2.45) is 7.05 Å². The molecular formula is C19H22N6O2. The van der Waals surface area contributed by atoms with Crippen molar-refractivity contribution >= 4 is 5.91 Å². The van der Waals surface area contributed by atoms with Crippen LogP contribution in [0.3, 0.4) is 0 Å². The van der Waals surface area contributed by atoms with Crippen molar-refractivity contribution in [3.8, 4) is 17.3 Å². The zero-order valence-corrected chi connectivity index (χ0v) is 15.7. The van der Waals surface area contributed by atoms with Crippen LogP contribution in [-0.2, 0) is 26.6 Å². The van der Waals surface area contributed by atoms with Gasteiger partial charge in [-0.1, -0.05) is 12.1 Å². The van der Waals surface area contributed by atoms with Gasteiger partial charge in [0.2, 0.25) is 0 Å². The number of aromatic nitrogens is 5. The number of fused-ring (bicyclic) bond motifs is 1. The molecule has 8 heteroatoms. The van der Waals surface area contributed by atoms with Gasteiger partial charge in [-0.25, -0.2) is 0 Å². The minimum Gasteiger partial charge on any atom is -0.496 e. The van der Waals surface area contributed by atoms with E-state index in [-0.39, 0.29) is 5.91 Å². The molecule has 27 heavy (non-hydrogen) atoms. The molecule has 0 atom stereocenters. The summed E-state index contributed by atoms with van der Waals surface area (Å²) in [5.74, 6) is 1.29. The molecule has 0 bridgehead atoms. The van der Waals surface area contributed by atoms with E-state index in [9.17, 15) is 4.79 Å². The second-order valence-electron chi connectivity index (χ2n) is 6.52. The predicted molar refractivity (Wildman–Crippen MR) is 99.3 cm³/mol.